The Labute approximate surface area is 138 Å². The first-order valence-corrected chi connectivity index (χ1v) is 9.29. The van der Waals surface area contributed by atoms with E-state index in [1.165, 1.54) is 31.0 Å². The number of aromatic nitrogens is 1. The molecule has 1 aliphatic rings. The lowest BCUT2D eigenvalue weighted by Gasteiger charge is -2.13. The molecule has 0 radical (unpaired) electrons. The van der Waals surface area contributed by atoms with Crippen molar-refractivity contribution in [1.29, 1.82) is 0 Å². The Balaban J connectivity index is 1.58. The summed E-state index contributed by atoms with van der Waals surface area (Å²) in [5, 5.41) is 4.07. The Kier molecular flexibility index (Phi) is 5.10. The highest BCUT2D eigenvalue weighted by atomic mass is 32.2. The smallest absolute Gasteiger partial charge is 0.253 e. The molecule has 22 heavy (non-hydrogen) atoms. The van der Waals surface area contributed by atoms with Crippen LogP contribution in [-0.4, -0.2) is 21.9 Å². The van der Waals surface area contributed by atoms with Crippen LogP contribution in [0.25, 0.3) is 10.2 Å². The molecule has 4 nitrogen and oxygen atoms in total. The van der Waals surface area contributed by atoms with Crippen molar-refractivity contribution in [3.8, 4) is 0 Å². The number of carbonyl (C=O) groups excluding carboxylic acids is 1. The van der Waals surface area contributed by atoms with Gasteiger partial charge in [0.1, 0.15) is 0 Å². The maximum atomic E-state index is 12.1. The third kappa shape index (κ3) is 3.87. The number of thiazole rings is 1. The van der Waals surface area contributed by atoms with Crippen molar-refractivity contribution in [2.45, 2.75) is 48.6 Å². The minimum absolute atomic E-state index is 0.0534. The summed E-state index contributed by atoms with van der Waals surface area (Å²) in [7, 11) is 0. The molecule has 1 fully saturated rings. The highest BCUT2D eigenvalue weighted by Gasteiger charge is 2.17. The quantitative estimate of drug-likeness (QED) is 0.673. The summed E-state index contributed by atoms with van der Waals surface area (Å²) in [5.74, 6) is -0.0534. The largest absolute Gasteiger partial charge is 0.272 e. The van der Waals surface area contributed by atoms with Gasteiger partial charge >= 0.3 is 0 Å². The number of hydrazone groups is 1. The predicted octanol–water partition coefficient (Wildman–Crippen LogP) is 4.21. The molecule has 1 amide bonds. The van der Waals surface area contributed by atoms with Crippen molar-refractivity contribution in [3.63, 3.8) is 0 Å². The molecular formula is C16H19N3OS2. The SMILES string of the molecule is CC(Sc1nc2ccccc2s1)C(=O)NN=C1CCCCC1. The molecule has 1 unspecified atom stereocenters. The van der Waals surface area contributed by atoms with Crippen LogP contribution < -0.4 is 5.43 Å². The topological polar surface area (TPSA) is 54.4 Å². The molecule has 6 heteroatoms. The molecule has 1 N–H and O–H groups in total. The van der Waals surface area contributed by atoms with E-state index in [0.29, 0.717) is 0 Å². The van der Waals surface area contributed by atoms with Crippen LogP contribution in [-0.2, 0) is 4.79 Å². The zero-order valence-corrected chi connectivity index (χ0v) is 14.2. The fourth-order valence-electron chi connectivity index (χ4n) is 2.40. The monoisotopic (exact) mass is 333 g/mol. The lowest BCUT2D eigenvalue weighted by molar-refractivity contribution is -0.120. The number of thioether (sulfide) groups is 1. The second-order valence-electron chi connectivity index (χ2n) is 5.42. The molecule has 1 aromatic carbocycles. The molecule has 3 rings (SSSR count). The van der Waals surface area contributed by atoms with Gasteiger partial charge < -0.3 is 0 Å². The number of amides is 1. The molecule has 2 aromatic rings. The van der Waals surface area contributed by atoms with E-state index < -0.39 is 0 Å². The first-order valence-electron chi connectivity index (χ1n) is 7.60. The summed E-state index contributed by atoms with van der Waals surface area (Å²) in [4.78, 5) is 16.7. The van der Waals surface area contributed by atoms with Gasteiger partial charge in [-0.05, 0) is 44.7 Å². The summed E-state index contributed by atoms with van der Waals surface area (Å²) in [6.45, 7) is 1.90. The molecule has 1 aromatic heterocycles. The second kappa shape index (κ2) is 7.24. The fraction of sp³-hybridized carbons (Fsp3) is 0.438. The van der Waals surface area contributed by atoms with E-state index in [4.69, 9.17) is 0 Å². The average Bonchev–Trinajstić information content (AvgIpc) is 2.95. The van der Waals surface area contributed by atoms with Crippen LogP contribution in [0.15, 0.2) is 33.7 Å². The molecule has 0 bridgehead atoms. The van der Waals surface area contributed by atoms with Crippen LogP contribution in [0.1, 0.15) is 39.0 Å². The maximum Gasteiger partial charge on any atom is 0.253 e. The molecule has 0 aliphatic heterocycles. The highest BCUT2D eigenvalue weighted by molar-refractivity contribution is 8.02. The van der Waals surface area contributed by atoms with E-state index in [1.807, 2.05) is 25.1 Å². The van der Waals surface area contributed by atoms with Gasteiger partial charge in [-0.25, -0.2) is 10.4 Å². The van der Waals surface area contributed by atoms with Crippen molar-refractivity contribution in [3.05, 3.63) is 24.3 Å². The van der Waals surface area contributed by atoms with Gasteiger partial charge in [0.05, 0.1) is 15.5 Å². The third-order valence-electron chi connectivity index (χ3n) is 3.68. The van der Waals surface area contributed by atoms with Crippen LogP contribution in [0.3, 0.4) is 0 Å². The van der Waals surface area contributed by atoms with Crippen LogP contribution in [0.4, 0.5) is 0 Å². The van der Waals surface area contributed by atoms with Gasteiger partial charge in [-0.15, -0.1) is 11.3 Å². The highest BCUT2D eigenvalue weighted by Crippen LogP contribution is 2.31. The molecule has 0 saturated heterocycles. The lowest BCUT2D eigenvalue weighted by atomic mass is 9.99. The molecule has 0 spiro atoms. The van der Waals surface area contributed by atoms with E-state index in [9.17, 15) is 4.79 Å². The van der Waals surface area contributed by atoms with E-state index >= 15 is 0 Å². The number of hydrogen-bond donors (Lipinski definition) is 1. The molecule has 1 heterocycles. The van der Waals surface area contributed by atoms with Crippen molar-refractivity contribution in [1.82, 2.24) is 10.4 Å². The second-order valence-corrected chi connectivity index (χ2v) is 8.04. The Hall–Kier alpha value is -1.40. The molecule has 116 valence electrons. The van der Waals surface area contributed by atoms with Crippen LogP contribution in [0.5, 0.6) is 0 Å². The maximum absolute atomic E-state index is 12.1. The number of nitrogens with one attached hydrogen (secondary N) is 1. The predicted molar refractivity (Wildman–Crippen MR) is 93.6 cm³/mol. The van der Waals surface area contributed by atoms with Gasteiger partial charge in [-0.1, -0.05) is 30.3 Å². The summed E-state index contributed by atoms with van der Waals surface area (Å²) in [6.07, 6.45) is 5.67. The van der Waals surface area contributed by atoms with Crippen LogP contribution in [0, 0.1) is 0 Å². The van der Waals surface area contributed by atoms with E-state index in [-0.39, 0.29) is 11.2 Å². The number of carbonyl (C=O) groups is 1. The standard InChI is InChI=1S/C16H19N3OS2/c1-11(15(20)19-18-12-7-3-2-4-8-12)21-16-17-13-9-5-6-10-14(13)22-16/h5-6,9-11H,2-4,7-8H2,1H3,(H,19,20). The number of hydrogen-bond acceptors (Lipinski definition) is 5. The van der Waals surface area contributed by atoms with E-state index in [0.717, 1.165) is 33.1 Å². The minimum Gasteiger partial charge on any atom is -0.272 e. The molecular weight excluding hydrogens is 314 g/mol. The Morgan fingerprint density at radius 2 is 2.09 bits per heavy atom. The summed E-state index contributed by atoms with van der Waals surface area (Å²) in [6, 6.07) is 8.03. The number of rotatable bonds is 4. The zero-order chi connectivity index (χ0) is 15.4. The first kappa shape index (κ1) is 15.5. The lowest BCUT2D eigenvalue weighted by Crippen LogP contribution is -2.28. The Morgan fingerprint density at radius 3 is 2.86 bits per heavy atom. The Bertz CT molecular complexity index is 655. The number of benzene rings is 1. The molecule has 1 saturated carbocycles. The van der Waals surface area contributed by atoms with Crippen LogP contribution in [0.2, 0.25) is 0 Å². The first-order chi connectivity index (χ1) is 10.7. The van der Waals surface area contributed by atoms with Gasteiger partial charge in [-0.2, -0.15) is 5.10 Å². The summed E-state index contributed by atoms with van der Waals surface area (Å²) < 4.78 is 2.08. The van der Waals surface area contributed by atoms with Crippen molar-refractivity contribution < 1.29 is 4.79 Å². The van der Waals surface area contributed by atoms with Crippen molar-refractivity contribution in [2.75, 3.05) is 0 Å². The minimum atomic E-state index is -0.200. The number of para-hydroxylation sites is 1. The zero-order valence-electron chi connectivity index (χ0n) is 12.5. The summed E-state index contributed by atoms with van der Waals surface area (Å²) >= 11 is 3.12. The molecule has 1 aliphatic carbocycles. The normalized spacial score (nSPS) is 16.5. The van der Waals surface area contributed by atoms with Crippen molar-refractivity contribution >= 4 is 44.9 Å². The van der Waals surface area contributed by atoms with Gasteiger partial charge in [0.15, 0.2) is 4.34 Å². The average molecular weight is 333 g/mol. The van der Waals surface area contributed by atoms with Crippen LogP contribution >= 0.6 is 23.1 Å². The molecule has 1 atom stereocenters. The van der Waals surface area contributed by atoms with Gasteiger partial charge in [0, 0.05) is 5.71 Å². The third-order valence-corrected chi connectivity index (χ3v) is 5.91. The van der Waals surface area contributed by atoms with Crippen molar-refractivity contribution in [2.24, 2.45) is 5.10 Å². The van der Waals surface area contributed by atoms with E-state index in [1.54, 1.807) is 11.3 Å². The number of fused-ring (bicyclic) bond motifs is 1. The number of nitrogens with zero attached hydrogens (tertiary/aromatic N) is 2. The van der Waals surface area contributed by atoms with Gasteiger partial charge in [0.2, 0.25) is 0 Å². The summed E-state index contributed by atoms with van der Waals surface area (Å²) in [5.41, 5.74) is 4.82. The Morgan fingerprint density at radius 1 is 1.32 bits per heavy atom. The fourth-order valence-corrected chi connectivity index (χ4v) is 4.61. The van der Waals surface area contributed by atoms with E-state index in [2.05, 4.69) is 21.6 Å². The van der Waals surface area contributed by atoms with Gasteiger partial charge in [0.25, 0.3) is 5.91 Å². The van der Waals surface area contributed by atoms with Gasteiger partial charge in [-0.3, -0.25) is 4.79 Å².